The molecule has 2 aromatic rings. The molecule has 1 unspecified atom stereocenters. The molecule has 0 aliphatic rings. The average molecular weight is 206 g/mol. The minimum Gasteiger partial charge on any atom is -0.351 e. The van der Waals surface area contributed by atoms with Crippen LogP contribution in [0.25, 0.3) is 10.9 Å². The summed E-state index contributed by atoms with van der Waals surface area (Å²) in [4.78, 5) is 0. The molecule has 0 aliphatic carbocycles. The molecule has 2 nitrogen and oxygen atoms in total. The predicted octanol–water partition coefficient (Wildman–Crippen LogP) is 2.54. The van der Waals surface area contributed by atoms with Crippen LogP contribution < -0.4 is 5.73 Å². The molecule has 80 valence electrons. The van der Waals surface area contributed by atoms with Gasteiger partial charge in [0.1, 0.15) is 6.17 Å². The summed E-state index contributed by atoms with van der Waals surface area (Å²) in [5, 5.41) is 0.987. The van der Waals surface area contributed by atoms with Crippen LogP contribution in [0.3, 0.4) is 0 Å². The Morgan fingerprint density at radius 1 is 1.40 bits per heavy atom. The lowest BCUT2D eigenvalue weighted by Gasteiger charge is -2.08. The Labute approximate surface area is 88.5 Å². The lowest BCUT2D eigenvalue weighted by molar-refractivity contribution is 0.330. The summed E-state index contributed by atoms with van der Waals surface area (Å²) in [6.07, 6.45) is 1.37. The topological polar surface area (TPSA) is 30.9 Å². The van der Waals surface area contributed by atoms with Gasteiger partial charge in [-0.2, -0.15) is 0 Å². The Hall–Kier alpha value is -1.35. The van der Waals surface area contributed by atoms with Crippen molar-refractivity contribution >= 4 is 10.9 Å². The van der Waals surface area contributed by atoms with Gasteiger partial charge in [0.2, 0.25) is 0 Å². The van der Waals surface area contributed by atoms with Crippen molar-refractivity contribution in [2.75, 3.05) is 6.54 Å². The van der Waals surface area contributed by atoms with E-state index in [0.717, 1.165) is 16.5 Å². The lowest BCUT2D eigenvalue weighted by atomic mass is 10.0. The smallest absolute Gasteiger partial charge is 0.127 e. The molecule has 0 aliphatic heterocycles. The third-order valence-electron chi connectivity index (χ3n) is 2.72. The normalized spacial score (nSPS) is 13.3. The van der Waals surface area contributed by atoms with Crippen LogP contribution in [0.2, 0.25) is 0 Å². The molecular formula is C12H15FN2. The predicted molar refractivity (Wildman–Crippen MR) is 60.4 cm³/mol. The third-order valence-corrected chi connectivity index (χ3v) is 2.72. The zero-order valence-corrected chi connectivity index (χ0v) is 8.78. The van der Waals surface area contributed by atoms with Crippen LogP contribution >= 0.6 is 0 Å². The van der Waals surface area contributed by atoms with Gasteiger partial charge < -0.3 is 10.3 Å². The molecule has 0 amide bonds. The van der Waals surface area contributed by atoms with E-state index in [2.05, 4.69) is 0 Å². The molecule has 15 heavy (non-hydrogen) atoms. The van der Waals surface area contributed by atoms with E-state index < -0.39 is 6.17 Å². The number of hydrogen-bond acceptors (Lipinski definition) is 1. The summed E-state index contributed by atoms with van der Waals surface area (Å²) in [7, 11) is 1.96. The van der Waals surface area contributed by atoms with E-state index in [1.807, 2.05) is 42.1 Å². The van der Waals surface area contributed by atoms with Crippen molar-refractivity contribution in [3.63, 3.8) is 0 Å². The fraction of sp³-hybridized carbons (Fsp3) is 0.333. The molecule has 0 radical (unpaired) electrons. The second kappa shape index (κ2) is 4.03. The van der Waals surface area contributed by atoms with E-state index >= 15 is 0 Å². The van der Waals surface area contributed by atoms with Gasteiger partial charge in [0.05, 0.1) is 0 Å². The minimum absolute atomic E-state index is 0.379. The van der Waals surface area contributed by atoms with E-state index in [1.165, 1.54) is 0 Å². The third kappa shape index (κ3) is 1.75. The van der Waals surface area contributed by atoms with Gasteiger partial charge in [-0.05, 0) is 30.7 Å². The standard InChI is InChI=1S/C12H15FN2/c1-15-8-6-10-9(11(13)5-7-14)3-2-4-12(10)15/h2-4,6,8,11H,5,7,14H2,1H3. The molecule has 2 rings (SSSR count). The van der Waals surface area contributed by atoms with Crippen molar-refractivity contribution < 1.29 is 4.39 Å². The highest BCUT2D eigenvalue weighted by Gasteiger charge is 2.12. The summed E-state index contributed by atoms with van der Waals surface area (Å²) in [5.41, 5.74) is 7.18. The number of benzene rings is 1. The van der Waals surface area contributed by atoms with E-state index in [0.29, 0.717) is 13.0 Å². The highest BCUT2D eigenvalue weighted by Crippen LogP contribution is 2.28. The number of rotatable bonds is 3. The van der Waals surface area contributed by atoms with Gasteiger partial charge >= 0.3 is 0 Å². The molecule has 0 bridgehead atoms. The molecule has 0 spiro atoms. The summed E-state index contributed by atoms with van der Waals surface area (Å²) in [5.74, 6) is 0. The highest BCUT2D eigenvalue weighted by atomic mass is 19.1. The molecule has 1 heterocycles. The van der Waals surface area contributed by atoms with Crippen LogP contribution in [0, 0.1) is 0 Å². The van der Waals surface area contributed by atoms with Gasteiger partial charge in [-0.15, -0.1) is 0 Å². The Kier molecular flexibility index (Phi) is 2.73. The van der Waals surface area contributed by atoms with Crippen molar-refractivity contribution in [1.29, 1.82) is 0 Å². The van der Waals surface area contributed by atoms with Gasteiger partial charge in [-0.3, -0.25) is 0 Å². The molecule has 2 N–H and O–H groups in total. The van der Waals surface area contributed by atoms with E-state index in [4.69, 9.17) is 5.73 Å². The van der Waals surface area contributed by atoms with Gasteiger partial charge in [0.15, 0.2) is 0 Å². The first-order chi connectivity index (χ1) is 7.24. The first kappa shape index (κ1) is 10.2. The van der Waals surface area contributed by atoms with Gasteiger partial charge in [-0.25, -0.2) is 4.39 Å². The maximum atomic E-state index is 13.8. The van der Waals surface area contributed by atoms with Crippen molar-refractivity contribution in [3.8, 4) is 0 Å². The molecule has 0 saturated carbocycles. The first-order valence-corrected chi connectivity index (χ1v) is 5.12. The van der Waals surface area contributed by atoms with Crippen LogP contribution in [0.5, 0.6) is 0 Å². The van der Waals surface area contributed by atoms with Crippen molar-refractivity contribution in [1.82, 2.24) is 4.57 Å². The van der Waals surface area contributed by atoms with Crippen molar-refractivity contribution in [3.05, 3.63) is 36.0 Å². The molecule has 0 fully saturated rings. The zero-order chi connectivity index (χ0) is 10.8. The largest absolute Gasteiger partial charge is 0.351 e. The summed E-state index contributed by atoms with van der Waals surface area (Å²) in [6, 6.07) is 7.67. The number of nitrogens with two attached hydrogens (primary N) is 1. The van der Waals surface area contributed by atoms with Gasteiger partial charge in [0.25, 0.3) is 0 Å². The molecular weight excluding hydrogens is 191 g/mol. The summed E-state index contributed by atoms with van der Waals surface area (Å²) < 4.78 is 15.8. The molecule has 1 aromatic carbocycles. The first-order valence-electron chi connectivity index (χ1n) is 5.12. The Bertz CT molecular complexity index is 462. The lowest BCUT2D eigenvalue weighted by Crippen LogP contribution is -2.03. The summed E-state index contributed by atoms with van der Waals surface area (Å²) in [6.45, 7) is 0.379. The minimum atomic E-state index is -0.957. The van der Waals surface area contributed by atoms with Crippen LogP contribution in [0.15, 0.2) is 30.5 Å². The number of alkyl halides is 1. The number of halogens is 1. The Morgan fingerprint density at radius 2 is 2.20 bits per heavy atom. The van der Waals surface area contributed by atoms with Crippen molar-refractivity contribution in [2.45, 2.75) is 12.6 Å². The SMILES string of the molecule is Cn1ccc2c(C(F)CCN)cccc21. The number of aryl methyl sites for hydroxylation is 1. The van der Waals surface area contributed by atoms with Gasteiger partial charge in [0, 0.05) is 24.1 Å². The highest BCUT2D eigenvalue weighted by molar-refractivity contribution is 5.84. The maximum absolute atomic E-state index is 13.8. The summed E-state index contributed by atoms with van der Waals surface area (Å²) >= 11 is 0. The van der Waals surface area contributed by atoms with Crippen LogP contribution in [-0.4, -0.2) is 11.1 Å². The van der Waals surface area contributed by atoms with Crippen LogP contribution in [0.1, 0.15) is 18.2 Å². The second-order valence-electron chi connectivity index (χ2n) is 3.75. The quantitative estimate of drug-likeness (QED) is 0.822. The maximum Gasteiger partial charge on any atom is 0.127 e. The second-order valence-corrected chi connectivity index (χ2v) is 3.75. The van der Waals surface area contributed by atoms with E-state index in [9.17, 15) is 4.39 Å². The Morgan fingerprint density at radius 3 is 2.93 bits per heavy atom. The molecule has 3 heteroatoms. The van der Waals surface area contributed by atoms with Gasteiger partial charge in [-0.1, -0.05) is 12.1 Å². The molecule has 1 aromatic heterocycles. The monoisotopic (exact) mass is 206 g/mol. The average Bonchev–Trinajstić information content (AvgIpc) is 2.61. The number of nitrogens with zero attached hydrogens (tertiary/aromatic N) is 1. The van der Waals surface area contributed by atoms with Crippen molar-refractivity contribution in [2.24, 2.45) is 12.8 Å². The fourth-order valence-electron chi connectivity index (χ4n) is 1.90. The van der Waals surface area contributed by atoms with E-state index in [-0.39, 0.29) is 0 Å². The van der Waals surface area contributed by atoms with Crippen LogP contribution in [0.4, 0.5) is 4.39 Å². The zero-order valence-electron chi connectivity index (χ0n) is 8.78. The van der Waals surface area contributed by atoms with E-state index in [1.54, 1.807) is 0 Å². The number of fused-ring (bicyclic) bond motifs is 1. The number of aromatic nitrogens is 1. The molecule has 1 atom stereocenters. The number of hydrogen-bond donors (Lipinski definition) is 1. The van der Waals surface area contributed by atoms with Crippen LogP contribution in [-0.2, 0) is 7.05 Å². The fourth-order valence-corrected chi connectivity index (χ4v) is 1.90. The Balaban J connectivity index is 2.51. The molecule has 0 saturated heterocycles.